The molecule has 114 valence electrons. The number of nitrogens with zero attached hydrogens (tertiary/aromatic N) is 2. The molecule has 21 heavy (non-hydrogen) atoms. The van der Waals surface area contributed by atoms with E-state index in [0.29, 0.717) is 29.9 Å². The van der Waals surface area contributed by atoms with Crippen molar-refractivity contribution in [1.29, 1.82) is 0 Å². The minimum Gasteiger partial charge on any atom is -0.457 e. The molecule has 2 fully saturated rings. The first-order valence-electron chi connectivity index (χ1n) is 7.22. The zero-order valence-corrected chi connectivity index (χ0v) is 13.3. The molecule has 1 unspecified atom stereocenters. The van der Waals surface area contributed by atoms with Gasteiger partial charge >= 0.3 is 0 Å². The fourth-order valence-corrected chi connectivity index (χ4v) is 3.37. The van der Waals surface area contributed by atoms with Crippen molar-refractivity contribution in [2.24, 2.45) is 0 Å². The summed E-state index contributed by atoms with van der Waals surface area (Å²) in [5.74, 6) is -0.0661. The molecule has 0 bridgehead atoms. The minimum absolute atomic E-state index is 0.0713. The summed E-state index contributed by atoms with van der Waals surface area (Å²) in [7, 11) is 0. The van der Waals surface area contributed by atoms with Crippen molar-refractivity contribution in [3.63, 3.8) is 0 Å². The summed E-state index contributed by atoms with van der Waals surface area (Å²) in [6.45, 7) is 3.69. The van der Waals surface area contributed by atoms with Crippen LogP contribution in [-0.2, 0) is 4.79 Å². The van der Waals surface area contributed by atoms with Gasteiger partial charge in [0, 0.05) is 32.7 Å². The van der Waals surface area contributed by atoms with Crippen molar-refractivity contribution >= 4 is 27.7 Å². The Hall–Kier alpha value is -1.34. The molecule has 0 radical (unpaired) electrons. The molecule has 1 atom stereocenters. The summed E-state index contributed by atoms with van der Waals surface area (Å²) in [5, 5.41) is 3.23. The smallest absolute Gasteiger partial charge is 0.259 e. The Labute approximate surface area is 131 Å². The largest absolute Gasteiger partial charge is 0.457 e. The number of carbonyl (C=O) groups is 2. The number of amides is 2. The van der Waals surface area contributed by atoms with Gasteiger partial charge in [-0.2, -0.15) is 0 Å². The van der Waals surface area contributed by atoms with Gasteiger partial charge in [-0.25, -0.2) is 0 Å². The number of rotatable bonds is 2. The van der Waals surface area contributed by atoms with Crippen LogP contribution in [0.3, 0.4) is 0 Å². The molecular weight excluding hydrogens is 338 g/mol. The second kappa shape index (κ2) is 6.19. The molecular formula is C14H18BrN3O3. The van der Waals surface area contributed by atoms with Crippen molar-refractivity contribution in [2.75, 3.05) is 32.7 Å². The summed E-state index contributed by atoms with van der Waals surface area (Å²) in [6.07, 6.45) is 3.08. The highest BCUT2D eigenvalue weighted by molar-refractivity contribution is 9.10. The van der Waals surface area contributed by atoms with Gasteiger partial charge in [0.15, 0.2) is 4.67 Å². The zero-order chi connectivity index (χ0) is 14.8. The Morgan fingerprint density at radius 3 is 2.71 bits per heavy atom. The molecule has 0 saturated carbocycles. The molecule has 3 rings (SSSR count). The number of likely N-dealkylation sites (tertiary alicyclic amines) is 1. The Morgan fingerprint density at radius 2 is 2.05 bits per heavy atom. The van der Waals surface area contributed by atoms with E-state index in [1.165, 1.54) is 6.26 Å². The van der Waals surface area contributed by atoms with Crippen LogP contribution in [0.15, 0.2) is 21.4 Å². The Balaban J connectivity index is 1.74. The molecule has 7 heteroatoms. The second-order valence-electron chi connectivity index (χ2n) is 5.34. The molecule has 1 aromatic heterocycles. The third-order valence-corrected chi connectivity index (χ3v) is 4.69. The molecule has 2 amide bonds. The van der Waals surface area contributed by atoms with Crippen molar-refractivity contribution in [2.45, 2.75) is 18.9 Å². The van der Waals surface area contributed by atoms with Crippen LogP contribution >= 0.6 is 15.9 Å². The number of piperazine rings is 1. The number of nitrogens with one attached hydrogen (secondary N) is 1. The molecule has 2 aliphatic heterocycles. The Bertz CT molecular complexity index is 539. The number of halogens is 1. The van der Waals surface area contributed by atoms with Crippen molar-refractivity contribution in [1.82, 2.24) is 15.1 Å². The first kappa shape index (κ1) is 14.6. The number of hydrogen-bond acceptors (Lipinski definition) is 4. The van der Waals surface area contributed by atoms with E-state index in [-0.39, 0.29) is 17.9 Å². The lowest BCUT2D eigenvalue weighted by Gasteiger charge is -2.32. The van der Waals surface area contributed by atoms with E-state index in [2.05, 4.69) is 21.2 Å². The van der Waals surface area contributed by atoms with E-state index in [1.807, 2.05) is 4.90 Å². The van der Waals surface area contributed by atoms with Crippen molar-refractivity contribution in [3.05, 3.63) is 22.6 Å². The summed E-state index contributed by atoms with van der Waals surface area (Å²) >= 11 is 3.23. The first-order valence-corrected chi connectivity index (χ1v) is 8.01. The lowest BCUT2D eigenvalue weighted by molar-refractivity contribution is -0.135. The minimum atomic E-state index is -0.336. The maximum absolute atomic E-state index is 12.6. The standard InChI is InChI=1S/C14H18BrN3O3/c15-12-10(3-9-21-12)13(19)18-6-1-2-11(18)14(20)17-7-4-16-5-8-17/h3,9,11,16H,1-2,4-8H2. The van der Waals surface area contributed by atoms with Crippen LogP contribution in [0.2, 0.25) is 0 Å². The van der Waals surface area contributed by atoms with Crippen molar-refractivity contribution in [3.8, 4) is 0 Å². The van der Waals surface area contributed by atoms with Gasteiger partial charge in [0.1, 0.15) is 6.04 Å². The topological polar surface area (TPSA) is 65.8 Å². The van der Waals surface area contributed by atoms with Gasteiger partial charge < -0.3 is 19.5 Å². The number of furan rings is 1. The maximum Gasteiger partial charge on any atom is 0.259 e. The third-order valence-electron chi connectivity index (χ3n) is 4.08. The molecule has 0 spiro atoms. The Morgan fingerprint density at radius 1 is 1.29 bits per heavy atom. The fourth-order valence-electron chi connectivity index (χ4n) is 2.96. The predicted octanol–water partition coefficient (Wildman–Crippen LogP) is 1.08. The summed E-state index contributed by atoms with van der Waals surface area (Å²) in [4.78, 5) is 28.8. The maximum atomic E-state index is 12.6. The average molecular weight is 356 g/mol. The molecule has 2 aliphatic rings. The van der Waals surface area contributed by atoms with Crippen LogP contribution < -0.4 is 5.32 Å². The van der Waals surface area contributed by atoms with Gasteiger partial charge in [0.05, 0.1) is 11.8 Å². The highest BCUT2D eigenvalue weighted by Crippen LogP contribution is 2.26. The summed E-state index contributed by atoms with van der Waals surface area (Å²) in [6, 6.07) is 1.30. The fraction of sp³-hybridized carbons (Fsp3) is 0.571. The van der Waals surface area contributed by atoms with Gasteiger partial charge in [-0.3, -0.25) is 9.59 Å². The zero-order valence-electron chi connectivity index (χ0n) is 11.7. The van der Waals surface area contributed by atoms with Crippen LogP contribution in [0.4, 0.5) is 0 Å². The van der Waals surface area contributed by atoms with Crippen LogP contribution in [0.5, 0.6) is 0 Å². The molecule has 2 saturated heterocycles. The van der Waals surface area contributed by atoms with E-state index >= 15 is 0 Å². The summed E-state index contributed by atoms with van der Waals surface area (Å²) in [5.41, 5.74) is 0.481. The quantitative estimate of drug-likeness (QED) is 0.861. The second-order valence-corrected chi connectivity index (χ2v) is 6.06. The molecule has 1 aromatic rings. The van der Waals surface area contributed by atoms with Crippen LogP contribution in [0.1, 0.15) is 23.2 Å². The monoisotopic (exact) mass is 355 g/mol. The predicted molar refractivity (Wildman–Crippen MR) is 79.9 cm³/mol. The van der Waals surface area contributed by atoms with Crippen molar-refractivity contribution < 1.29 is 14.0 Å². The molecule has 0 aromatic carbocycles. The molecule has 0 aliphatic carbocycles. The van der Waals surface area contributed by atoms with E-state index in [0.717, 1.165) is 25.9 Å². The lowest BCUT2D eigenvalue weighted by atomic mass is 10.1. The van der Waals surface area contributed by atoms with Gasteiger partial charge in [-0.05, 0) is 34.8 Å². The van der Waals surface area contributed by atoms with Gasteiger partial charge in [0.2, 0.25) is 5.91 Å². The van der Waals surface area contributed by atoms with Gasteiger partial charge in [-0.1, -0.05) is 0 Å². The number of carbonyl (C=O) groups excluding carboxylic acids is 2. The Kier molecular flexibility index (Phi) is 4.30. The van der Waals surface area contributed by atoms with Crippen LogP contribution in [-0.4, -0.2) is 60.4 Å². The van der Waals surface area contributed by atoms with E-state index in [9.17, 15) is 9.59 Å². The highest BCUT2D eigenvalue weighted by Gasteiger charge is 2.37. The first-order chi connectivity index (χ1) is 10.2. The van der Waals surface area contributed by atoms with Gasteiger partial charge in [0.25, 0.3) is 5.91 Å². The van der Waals surface area contributed by atoms with E-state index < -0.39 is 0 Å². The van der Waals surface area contributed by atoms with E-state index in [4.69, 9.17) is 4.42 Å². The highest BCUT2D eigenvalue weighted by atomic mass is 79.9. The molecule has 3 heterocycles. The average Bonchev–Trinajstić information content (AvgIpc) is 3.15. The molecule has 1 N–H and O–H groups in total. The number of hydrogen-bond donors (Lipinski definition) is 1. The SMILES string of the molecule is O=C(C1CCCN1C(=O)c1ccoc1Br)N1CCNCC1. The lowest BCUT2D eigenvalue weighted by Crippen LogP contribution is -2.53. The van der Waals surface area contributed by atoms with Gasteiger partial charge in [-0.15, -0.1) is 0 Å². The van der Waals surface area contributed by atoms with E-state index in [1.54, 1.807) is 11.0 Å². The summed E-state index contributed by atoms with van der Waals surface area (Å²) < 4.78 is 5.55. The van der Waals surface area contributed by atoms with Crippen LogP contribution in [0.25, 0.3) is 0 Å². The third kappa shape index (κ3) is 2.85. The molecule has 6 nitrogen and oxygen atoms in total. The van der Waals surface area contributed by atoms with Crippen LogP contribution in [0, 0.1) is 0 Å². The normalized spacial score (nSPS) is 22.6.